The minimum absolute atomic E-state index is 0.00217. The average Bonchev–Trinajstić information content (AvgIpc) is 3.98. The Labute approximate surface area is 334 Å². The van der Waals surface area contributed by atoms with Gasteiger partial charge in [-0.25, -0.2) is 15.0 Å². The van der Waals surface area contributed by atoms with Crippen LogP contribution >= 0.6 is 11.6 Å². The molecule has 0 amide bonds. The summed E-state index contributed by atoms with van der Waals surface area (Å²) in [4.78, 5) is 39.1. The number of halogens is 4. The van der Waals surface area contributed by atoms with Gasteiger partial charge in [-0.3, -0.25) is 14.5 Å². The fourth-order valence-electron chi connectivity index (χ4n) is 9.71. The van der Waals surface area contributed by atoms with Crippen LogP contribution in [0.25, 0.3) is 22.4 Å². The van der Waals surface area contributed by atoms with Crippen LogP contribution in [0.1, 0.15) is 91.1 Å². The van der Waals surface area contributed by atoms with Crippen LogP contribution in [0.15, 0.2) is 48.5 Å². The van der Waals surface area contributed by atoms with E-state index >= 15 is 0 Å². The zero-order chi connectivity index (χ0) is 40.1. The van der Waals surface area contributed by atoms with Crippen molar-refractivity contribution in [2.75, 3.05) is 20.8 Å². The molecule has 3 fully saturated rings. The Kier molecular flexibility index (Phi) is 10.8. The molecule has 2 saturated heterocycles. The quantitative estimate of drug-likeness (QED) is 0.137. The van der Waals surface area contributed by atoms with Crippen LogP contribution in [0.4, 0.5) is 13.2 Å². The number of benzene rings is 2. The maximum Gasteiger partial charge on any atom is 0.435 e. The third-order valence-electron chi connectivity index (χ3n) is 12.6. The summed E-state index contributed by atoms with van der Waals surface area (Å²) in [5.74, 6) is -0.0915. The second-order valence-corrected chi connectivity index (χ2v) is 16.2. The number of ether oxygens (including phenoxy) is 2. The normalized spacial score (nSPS) is 23.0. The van der Waals surface area contributed by atoms with Crippen molar-refractivity contribution in [2.45, 2.75) is 101 Å². The van der Waals surface area contributed by atoms with Gasteiger partial charge in [0.1, 0.15) is 17.0 Å². The molecule has 4 aliphatic rings. The smallest absolute Gasteiger partial charge is 0.435 e. The number of carbonyl (C=O) groups excluding carboxylic acids is 1. The molecule has 10 nitrogen and oxygen atoms in total. The predicted molar refractivity (Wildman–Crippen MR) is 207 cm³/mol. The van der Waals surface area contributed by atoms with Crippen molar-refractivity contribution in [1.82, 2.24) is 25.2 Å². The number of carboxylic acids is 1. The molecule has 0 radical (unpaired) electrons. The van der Waals surface area contributed by atoms with E-state index in [-0.39, 0.29) is 42.2 Å². The van der Waals surface area contributed by atoms with E-state index in [0.717, 1.165) is 46.3 Å². The van der Waals surface area contributed by atoms with Gasteiger partial charge in [-0.2, -0.15) is 13.2 Å². The summed E-state index contributed by atoms with van der Waals surface area (Å²) >= 11 is 7.16. The van der Waals surface area contributed by atoms with Gasteiger partial charge >= 0.3 is 12.1 Å². The van der Waals surface area contributed by atoms with E-state index in [0.29, 0.717) is 86.2 Å². The predicted octanol–water partition coefficient (Wildman–Crippen LogP) is 8.21. The summed E-state index contributed by atoms with van der Waals surface area (Å²) in [6.07, 6.45) is 0.901. The zero-order valence-electron chi connectivity index (χ0n) is 31.9. The number of aliphatic carboxylic acids is 1. The third kappa shape index (κ3) is 7.38. The van der Waals surface area contributed by atoms with Crippen molar-refractivity contribution in [2.24, 2.45) is 5.92 Å². The van der Waals surface area contributed by atoms with Gasteiger partial charge in [-0.05, 0) is 92.5 Å². The van der Waals surface area contributed by atoms with Gasteiger partial charge in [0.15, 0.2) is 5.69 Å². The highest BCUT2D eigenvalue weighted by atomic mass is 35.5. The first-order valence-electron chi connectivity index (χ1n) is 19.6. The molecule has 8 rings (SSSR count). The highest BCUT2D eigenvalue weighted by molar-refractivity contribution is 6.36. The Morgan fingerprint density at radius 2 is 1.67 bits per heavy atom. The largest absolute Gasteiger partial charge is 0.481 e. The molecule has 2 aliphatic heterocycles. The highest BCUT2D eigenvalue weighted by Crippen LogP contribution is 2.49. The van der Waals surface area contributed by atoms with Gasteiger partial charge in [0.05, 0.1) is 30.6 Å². The number of hydrogen-bond donors (Lipinski definition) is 2. The Hall–Kier alpha value is -4.59. The van der Waals surface area contributed by atoms with Crippen molar-refractivity contribution in [3.05, 3.63) is 87.3 Å². The van der Waals surface area contributed by atoms with E-state index in [1.165, 1.54) is 7.11 Å². The molecule has 300 valence electrons. The average molecular weight is 804 g/mol. The number of fused-ring (bicyclic) bond motifs is 3. The molecule has 4 heterocycles. The van der Waals surface area contributed by atoms with Crippen molar-refractivity contribution >= 4 is 23.4 Å². The number of hydrogen-bond acceptors (Lipinski definition) is 9. The minimum atomic E-state index is -4.78. The minimum Gasteiger partial charge on any atom is -0.481 e. The van der Waals surface area contributed by atoms with E-state index < -0.39 is 23.4 Å². The van der Waals surface area contributed by atoms with Crippen molar-refractivity contribution in [3.8, 4) is 34.1 Å². The molecular weight excluding hydrogens is 759 g/mol. The highest BCUT2D eigenvalue weighted by Gasteiger charge is 2.57. The van der Waals surface area contributed by atoms with Crippen LogP contribution in [0.3, 0.4) is 0 Å². The van der Waals surface area contributed by atoms with Gasteiger partial charge < -0.3 is 19.9 Å². The third-order valence-corrected chi connectivity index (χ3v) is 13.0. The SMILES string of the molecule is COc1nc(-c2cccc(-c3cccc4c3CC[C@@H]4Cc3nc(OC)c(CN4C5CCC4(C(=O)O)CC5)nc3C(F)(F)F)c2Cl)ccc1CNC[C@@H]1CCC(=O)C1. The maximum atomic E-state index is 14.7. The van der Waals surface area contributed by atoms with Crippen LogP contribution in [-0.2, 0) is 41.7 Å². The number of ketones is 1. The maximum absolute atomic E-state index is 14.7. The Balaban J connectivity index is 1.05. The molecule has 2 aliphatic carbocycles. The molecule has 2 aromatic heterocycles. The molecule has 2 aromatic carbocycles. The molecule has 14 heteroatoms. The van der Waals surface area contributed by atoms with Gasteiger partial charge in [0.25, 0.3) is 0 Å². The van der Waals surface area contributed by atoms with E-state index in [4.69, 9.17) is 26.1 Å². The Morgan fingerprint density at radius 3 is 2.37 bits per heavy atom. The lowest BCUT2D eigenvalue weighted by atomic mass is 9.88. The molecule has 0 spiro atoms. The number of aromatic nitrogens is 3. The number of Topliss-reactive ketones (excluding diaryl/α,β-unsaturated/α-hetero) is 1. The molecule has 57 heavy (non-hydrogen) atoms. The fourth-order valence-corrected chi connectivity index (χ4v) is 10.0. The molecule has 2 atom stereocenters. The number of alkyl halides is 3. The van der Waals surface area contributed by atoms with E-state index in [1.807, 2.05) is 48.5 Å². The molecule has 1 saturated carbocycles. The van der Waals surface area contributed by atoms with Gasteiger partial charge in [0, 0.05) is 48.7 Å². The van der Waals surface area contributed by atoms with Crippen LogP contribution in [0, 0.1) is 5.92 Å². The summed E-state index contributed by atoms with van der Waals surface area (Å²) in [5, 5.41) is 14.0. The van der Waals surface area contributed by atoms with Crippen LogP contribution in [0.5, 0.6) is 11.8 Å². The first kappa shape index (κ1) is 39.2. The monoisotopic (exact) mass is 803 g/mol. The summed E-state index contributed by atoms with van der Waals surface area (Å²) in [7, 11) is 2.93. The van der Waals surface area contributed by atoms with Crippen molar-refractivity contribution in [1.29, 1.82) is 0 Å². The summed E-state index contributed by atoms with van der Waals surface area (Å²) in [6, 6.07) is 15.4. The number of nitrogens with zero attached hydrogens (tertiary/aromatic N) is 4. The lowest BCUT2D eigenvalue weighted by Crippen LogP contribution is -2.47. The molecule has 0 unspecified atom stereocenters. The van der Waals surface area contributed by atoms with Crippen molar-refractivity contribution in [3.63, 3.8) is 0 Å². The van der Waals surface area contributed by atoms with Crippen LogP contribution < -0.4 is 14.8 Å². The lowest BCUT2D eigenvalue weighted by molar-refractivity contribution is -0.149. The second-order valence-electron chi connectivity index (χ2n) is 15.8. The first-order valence-corrected chi connectivity index (χ1v) is 20.0. The summed E-state index contributed by atoms with van der Waals surface area (Å²) < 4.78 is 55.4. The number of rotatable bonds is 13. The first-order chi connectivity index (χ1) is 27.4. The summed E-state index contributed by atoms with van der Waals surface area (Å²) in [5.41, 5.74) is 3.52. The van der Waals surface area contributed by atoms with E-state index in [2.05, 4.69) is 15.3 Å². The number of carboxylic acid groups (broad SMARTS) is 1. The molecular formula is C43H45ClF3N5O5. The van der Waals surface area contributed by atoms with Crippen molar-refractivity contribution < 1.29 is 37.3 Å². The summed E-state index contributed by atoms with van der Waals surface area (Å²) in [6.45, 7) is 1.21. The number of pyridine rings is 1. The fraction of sp³-hybridized carbons (Fsp3) is 0.465. The van der Waals surface area contributed by atoms with Gasteiger partial charge in [-0.15, -0.1) is 0 Å². The standard InChI is InChI=1S/C43H45ClF3N5O5/c1-56-39-26(22-48-21-24-9-12-28(53)19-24)11-14-34(50-39)33-8-4-7-32(37(33)44)30-6-3-5-29-25(10-13-31(29)30)20-35-38(43(45,46)47)49-36(40(51-35)57-2)23-52-27-15-17-42(52,18-16-27)41(54)55/h3-8,11,14,24-25,27,48H,9-10,12-13,15-23H2,1-2H3,(H,54,55)/t24-,25-,27?,42?/m1/s1. The van der Waals surface area contributed by atoms with Crippen LogP contribution in [-0.4, -0.2) is 69.1 Å². The van der Waals surface area contributed by atoms with Gasteiger partial charge in [-0.1, -0.05) is 54.1 Å². The zero-order valence-corrected chi connectivity index (χ0v) is 32.7. The second kappa shape index (κ2) is 15.6. The molecule has 2 N–H and O–H groups in total. The Bertz CT molecular complexity index is 2210. The van der Waals surface area contributed by atoms with Gasteiger partial charge in [0.2, 0.25) is 11.8 Å². The number of methoxy groups -OCH3 is 2. The van der Waals surface area contributed by atoms with E-state index in [1.54, 1.807) is 12.0 Å². The topological polar surface area (TPSA) is 127 Å². The van der Waals surface area contributed by atoms with Crippen LogP contribution in [0.2, 0.25) is 5.02 Å². The Morgan fingerprint density at radius 1 is 0.930 bits per heavy atom. The number of carbonyl (C=O) groups is 2. The molecule has 2 bridgehead atoms. The number of nitrogens with one attached hydrogen (secondary N) is 1. The van der Waals surface area contributed by atoms with E-state index in [9.17, 15) is 27.9 Å². The lowest BCUT2D eigenvalue weighted by Gasteiger charge is -2.31. The molecule has 4 aromatic rings.